The lowest BCUT2D eigenvalue weighted by atomic mass is 10.1. The van der Waals surface area contributed by atoms with Crippen LogP contribution in [0.4, 0.5) is 0 Å². The molecule has 0 bridgehead atoms. The highest BCUT2D eigenvalue weighted by Crippen LogP contribution is 2.29. The standard InChI is InChI=1S/C18H26N4S/c1-18(2)13-22(10-11-23-18)17(19-3)20-9-8-14-12-21-16-7-5-4-6-15(14)16/h4-7,12,21H,8-11,13H2,1-3H3,(H,19,20). The van der Waals surface area contributed by atoms with E-state index < -0.39 is 0 Å². The monoisotopic (exact) mass is 330 g/mol. The number of hydrogen-bond donors (Lipinski definition) is 2. The van der Waals surface area contributed by atoms with Crippen molar-refractivity contribution in [2.75, 3.05) is 32.4 Å². The van der Waals surface area contributed by atoms with E-state index in [0.29, 0.717) is 4.75 Å². The summed E-state index contributed by atoms with van der Waals surface area (Å²) in [7, 11) is 1.88. The third-order valence-electron chi connectivity index (χ3n) is 4.29. The van der Waals surface area contributed by atoms with E-state index in [1.165, 1.54) is 16.5 Å². The Morgan fingerprint density at radius 2 is 2.22 bits per heavy atom. The maximum absolute atomic E-state index is 4.47. The lowest BCUT2D eigenvalue weighted by Gasteiger charge is -2.39. The molecule has 1 aliphatic heterocycles. The van der Waals surface area contributed by atoms with Gasteiger partial charge < -0.3 is 15.2 Å². The van der Waals surface area contributed by atoms with Crippen LogP contribution in [0, 0.1) is 0 Å². The number of guanidine groups is 1. The molecule has 0 saturated carbocycles. The van der Waals surface area contributed by atoms with Gasteiger partial charge in [-0.25, -0.2) is 0 Å². The molecule has 5 heteroatoms. The van der Waals surface area contributed by atoms with E-state index in [4.69, 9.17) is 0 Å². The Bertz CT molecular complexity index is 689. The third kappa shape index (κ3) is 3.83. The third-order valence-corrected chi connectivity index (χ3v) is 5.59. The predicted molar refractivity (Wildman–Crippen MR) is 101 cm³/mol. The molecule has 1 aromatic carbocycles. The number of aliphatic imine (C=N–C) groups is 1. The van der Waals surface area contributed by atoms with Crippen LogP contribution in [0.25, 0.3) is 10.9 Å². The maximum Gasteiger partial charge on any atom is 0.193 e. The number of aromatic amines is 1. The molecule has 0 radical (unpaired) electrons. The molecular formula is C18H26N4S. The second kappa shape index (κ2) is 6.87. The number of hydrogen-bond acceptors (Lipinski definition) is 2. The van der Waals surface area contributed by atoms with Crippen LogP contribution in [-0.4, -0.2) is 53.0 Å². The van der Waals surface area contributed by atoms with Crippen LogP contribution in [0.2, 0.25) is 0 Å². The number of para-hydroxylation sites is 1. The van der Waals surface area contributed by atoms with Crippen molar-refractivity contribution in [2.45, 2.75) is 25.0 Å². The molecule has 2 heterocycles. The number of nitrogens with one attached hydrogen (secondary N) is 2. The van der Waals surface area contributed by atoms with Gasteiger partial charge in [0.1, 0.15) is 0 Å². The Balaban J connectivity index is 1.58. The second-order valence-corrected chi connectivity index (χ2v) is 8.42. The fourth-order valence-corrected chi connectivity index (χ4v) is 4.29. The Morgan fingerprint density at radius 3 is 3.00 bits per heavy atom. The first kappa shape index (κ1) is 16.2. The first-order chi connectivity index (χ1) is 11.1. The fraction of sp³-hybridized carbons (Fsp3) is 0.500. The summed E-state index contributed by atoms with van der Waals surface area (Å²) in [5, 5.41) is 4.85. The molecule has 0 amide bonds. The topological polar surface area (TPSA) is 43.4 Å². The second-order valence-electron chi connectivity index (χ2n) is 6.61. The summed E-state index contributed by atoms with van der Waals surface area (Å²) in [5.74, 6) is 2.19. The molecule has 0 aliphatic carbocycles. The molecule has 1 aliphatic rings. The SMILES string of the molecule is CN=C(NCCc1c[nH]c2ccccc12)N1CCSC(C)(C)C1. The first-order valence-corrected chi connectivity index (χ1v) is 9.22. The zero-order valence-corrected chi connectivity index (χ0v) is 15.0. The Morgan fingerprint density at radius 1 is 1.39 bits per heavy atom. The normalized spacial score (nSPS) is 18.4. The van der Waals surface area contributed by atoms with Gasteiger partial charge in [0.25, 0.3) is 0 Å². The first-order valence-electron chi connectivity index (χ1n) is 8.24. The summed E-state index contributed by atoms with van der Waals surface area (Å²) in [6, 6.07) is 8.47. The van der Waals surface area contributed by atoms with Crippen LogP contribution < -0.4 is 5.32 Å². The van der Waals surface area contributed by atoms with Crippen LogP contribution in [0.3, 0.4) is 0 Å². The number of benzene rings is 1. The van der Waals surface area contributed by atoms with Crippen molar-refractivity contribution in [1.29, 1.82) is 0 Å². The molecule has 2 aromatic rings. The largest absolute Gasteiger partial charge is 0.361 e. The van der Waals surface area contributed by atoms with Crippen LogP contribution in [0.1, 0.15) is 19.4 Å². The number of rotatable bonds is 3. The minimum absolute atomic E-state index is 0.298. The van der Waals surface area contributed by atoms with Crippen molar-refractivity contribution in [2.24, 2.45) is 4.99 Å². The molecule has 3 rings (SSSR count). The summed E-state index contributed by atoms with van der Waals surface area (Å²) in [5.41, 5.74) is 2.57. The summed E-state index contributed by atoms with van der Waals surface area (Å²) in [6.07, 6.45) is 3.12. The average Bonchev–Trinajstić information content (AvgIpc) is 2.94. The van der Waals surface area contributed by atoms with E-state index in [-0.39, 0.29) is 0 Å². The molecule has 0 atom stereocenters. The minimum Gasteiger partial charge on any atom is -0.361 e. The van der Waals surface area contributed by atoms with Crippen LogP contribution in [0.15, 0.2) is 35.5 Å². The lowest BCUT2D eigenvalue weighted by molar-refractivity contribution is 0.376. The van der Waals surface area contributed by atoms with Gasteiger partial charge in [0, 0.05) is 54.3 Å². The number of thioether (sulfide) groups is 1. The van der Waals surface area contributed by atoms with Crippen molar-refractivity contribution in [3.8, 4) is 0 Å². The van der Waals surface area contributed by atoms with E-state index in [2.05, 4.69) is 64.5 Å². The summed E-state index contributed by atoms with van der Waals surface area (Å²) in [4.78, 5) is 10.2. The summed E-state index contributed by atoms with van der Waals surface area (Å²) in [6.45, 7) is 7.63. The van der Waals surface area contributed by atoms with Crippen LogP contribution in [-0.2, 0) is 6.42 Å². The molecule has 0 spiro atoms. The number of nitrogens with zero attached hydrogens (tertiary/aromatic N) is 2. The number of fused-ring (bicyclic) bond motifs is 1. The highest BCUT2D eigenvalue weighted by atomic mass is 32.2. The van der Waals surface area contributed by atoms with E-state index in [1.807, 2.05) is 18.8 Å². The zero-order chi connectivity index (χ0) is 16.3. The van der Waals surface area contributed by atoms with Crippen LogP contribution >= 0.6 is 11.8 Å². The number of aromatic nitrogens is 1. The van der Waals surface area contributed by atoms with Gasteiger partial charge in [0.2, 0.25) is 0 Å². The predicted octanol–water partition coefficient (Wildman–Crippen LogP) is 3.11. The van der Waals surface area contributed by atoms with Crippen molar-refractivity contribution in [3.05, 3.63) is 36.0 Å². The van der Waals surface area contributed by atoms with Crippen molar-refractivity contribution < 1.29 is 0 Å². The summed E-state index contributed by atoms with van der Waals surface area (Å²) < 4.78 is 0.298. The van der Waals surface area contributed by atoms with Gasteiger partial charge in [-0.15, -0.1) is 0 Å². The average molecular weight is 331 g/mol. The molecule has 1 fully saturated rings. The van der Waals surface area contributed by atoms with Crippen molar-refractivity contribution in [3.63, 3.8) is 0 Å². The van der Waals surface area contributed by atoms with Crippen LogP contribution in [0.5, 0.6) is 0 Å². The quantitative estimate of drug-likeness (QED) is 0.671. The Kier molecular flexibility index (Phi) is 4.85. The molecule has 2 N–H and O–H groups in total. The maximum atomic E-state index is 4.47. The Labute approximate surface area is 142 Å². The van der Waals surface area contributed by atoms with Gasteiger partial charge >= 0.3 is 0 Å². The van der Waals surface area contributed by atoms with E-state index in [9.17, 15) is 0 Å². The van der Waals surface area contributed by atoms with Crippen molar-refractivity contribution >= 4 is 28.6 Å². The van der Waals surface area contributed by atoms with E-state index in [1.54, 1.807) is 0 Å². The molecule has 124 valence electrons. The Hall–Kier alpha value is -1.62. The highest BCUT2D eigenvalue weighted by Gasteiger charge is 2.28. The van der Waals surface area contributed by atoms with Gasteiger partial charge in [-0.3, -0.25) is 4.99 Å². The minimum atomic E-state index is 0.298. The molecule has 1 saturated heterocycles. The lowest BCUT2D eigenvalue weighted by Crippen LogP contribution is -2.51. The zero-order valence-electron chi connectivity index (χ0n) is 14.2. The molecule has 0 unspecified atom stereocenters. The fourth-order valence-electron chi connectivity index (χ4n) is 3.18. The van der Waals surface area contributed by atoms with Gasteiger partial charge in [-0.1, -0.05) is 18.2 Å². The molecular weight excluding hydrogens is 304 g/mol. The van der Waals surface area contributed by atoms with Gasteiger partial charge in [0.05, 0.1) is 0 Å². The molecule has 1 aromatic heterocycles. The van der Waals surface area contributed by atoms with Gasteiger partial charge in [-0.2, -0.15) is 11.8 Å². The number of H-pyrrole nitrogens is 1. The summed E-state index contributed by atoms with van der Waals surface area (Å²) >= 11 is 2.05. The van der Waals surface area contributed by atoms with Crippen molar-refractivity contribution in [1.82, 2.24) is 15.2 Å². The molecule has 4 nitrogen and oxygen atoms in total. The van der Waals surface area contributed by atoms with E-state index in [0.717, 1.165) is 37.8 Å². The molecule has 23 heavy (non-hydrogen) atoms. The smallest absolute Gasteiger partial charge is 0.193 e. The van der Waals surface area contributed by atoms with E-state index >= 15 is 0 Å². The van der Waals surface area contributed by atoms with Gasteiger partial charge in [-0.05, 0) is 31.9 Å². The highest BCUT2D eigenvalue weighted by molar-refractivity contribution is 8.00. The van der Waals surface area contributed by atoms with Gasteiger partial charge in [0.15, 0.2) is 5.96 Å².